The fourth-order valence-electron chi connectivity index (χ4n) is 2.76. The molecule has 0 spiro atoms. The summed E-state index contributed by atoms with van der Waals surface area (Å²) < 4.78 is 19.3. The van der Waals surface area contributed by atoms with Crippen molar-refractivity contribution in [3.05, 3.63) is 42.7 Å². The number of nitrogens with one attached hydrogen (secondary N) is 1. The standard InChI is InChI=1S/C18H23FN2O3/c1-3-15(24-16-10-6-5-9-14(16)19)18(23)21-11-7-8-13(12-21)20-17(22)4-2/h4-6,9-10,13,15H,2-3,7-8,11-12H2,1H3,(H,20,22)/t13-,15?/m1/s1. The van der Waals surface area contributed by atoms with Crippen LogP contribution in [0.3, 0.4) is 0 Å². The molecular weight excluding hydrogens is 311 g/mol. The van der Waals surface area contributed by atoms with Crippen molar-refractivity contribution < 1.29 is 18.7 Å². The molecule has 1 unspecified atom stereocenters. The predicted octanol–water partition coefficient (Wildman–Crippen LogP) is 2.28. The Hall–Kier alpha value is -2.37. The molecule has 0 aromatic heterocycles. The molecule has 1 heterocycles. The van der Waals surface area contributed by atoms with Gasteiger partial charge in [-0.1, -0.05) is 25.6 Å². The van der Waals surface area contributed by atoms with Crippen LogP contribution in [0.4, 0.5) is 4.39 Å². The van der Waals surface area contributed by atoms with Gasteiger partial charge in [0.1, 0.15) is 0 Å². The van der Waals surface area contributed by atoms with E-state index in [-0.39, 0.29) is 23.6 Å². The number of benzene rings is 1. The summed E-state index contributed by atoms with van der Waals surface area (Å²) in [5.74, 6) is -0.841. The third-order valence-corrected chi connectivity index (χ3v) is 4.02. The number of carbonyl (C=O) groups is 2. The molecule has 0 bridgehead atoms. The summed E-state index contributed by atoms with van der Waals surface area (Å²) in [7, 11) is 0. The van der Waals surface area contributed by atoms with Gasteiger partial charge in [0.05, 0.1) is 0 Å². The Morgan fingerprint density at radius 1 is 1.50 bits per heavy atom. The van der Waals surface area contributed by atoms with Crippen molar-refractivity contribution in [3.8, 4) is 5.75 Å². The van der Waals surface area contributed by atoms with Gasteiger partial charge in [-0.15, -0.1) is 0 Å². The molecule has 1 aromatic carbocycles. The quantitative estimate of drug-likeness (QED) is 0.812. The Bertz CT molecular complexity index is 606. The lowest BCUT2D eigenvalue weighted by Gasteiger charge is -2.35. The van der Waals surface area contributed by atoms with Gasteiger partial charge in [-0.3, -0.25) is 9.59 Å². The van der Waals surface area contributed by atoms with Crippen LogP contribution in [0.5, 0.6) is 5.75 Å². The molecule has 0 saturated carbocycles. The van der Waals surface area contributed by atoms with Crippen molar-refractivity contribution in [2.75, 3.05) is 13.1 Å². The molecule has 0 aliphatic carbocycles. The number of hydrogen-bond donors (Lipinski definition) is 1. The largest absolute Gasteiger partial charge is 0.478 e. The number of amides is 2. The zero-order valence-electron chi connectivity index (χ0n) is 13.8. The maximum Gasteiger partial charge on any atom is 0.263 e. The molecule has 1 aliphatic heterocycles. The number of likely N-dealkylation sites (tertiary alicyclic amines) is 1. The lowest BCUT2D eigenvalue weighted by atomic mass is 10.0. The Morgan fingerprint density at radius 3 is 2.92 bits per heavy atom. The molecular formula is C18H23FN2O3. The number of piperidine rings is 1. The summed E-state index contributed by atoms with van der Waals surface area (Å²) in [4.78, 5) is 25.8. The number of ether oxygens (including phenoxy) is 1. The van der Waals surface area contributed by atoms with E-state index in [1.54, 1.807) is 17.0 Å². The van der Waals surface area contributed by atoms with E-state index in [0.717, 1.165) is 12.8 Å². The fourth-order valence-corrected chi connectivity index (χ4v) is 2.76. The molecule has 0 radical (unpaired) electrons. The number of nitrogens with zero attached hydrogens (tertiary/aromatic N) is 1. The van der Waals surface area contributed by atoms with E-state index in [1.807, 2.05) is 6.92 Å². The van der Waals surface area contributed by atoms with Crippen LogP contribution < -0.4 is 10.1 Å². The van der Waals surface area contributed by atoms with Gasteiger partial charge in [0.25, 0.3) is 5.91 Å². The molecule has 5 nitrogen and oxygen atoms in total. The molecule has 130 valence electrons. The monoisotopic (exact) mass is 334 g/mol. The number of halogens is 1. The SMILES string of the molecule is C=CC(=O)N[C@@H]1CCCN(C(=O)C(CC)Oc2ccccc2F)C1. The average molecular weight is 334 g/mol. The van der Waals surface area contributed by atoms with Gasteiger partial charge in [0, 0.05) is 19.1 Å². The van der Waals surface area contributed by atoms with Crippen LogP contribution in [0.2, 0.25) is 0 Å². The van der Waals surface area contributed by atoms with E-state index >= 15 is 0 Å². The first-order chi connectivity index (χ1) is 11.5. The van der Waals surface area contributed by atoms with E-state index in [2.05, 4.69) is 11.9 Å². The van der Waals surface area contributed by atoms with Gasteiger partial charge in [-0.2, -0.15) is 0 Å². The van der Waals surface area contributed by atoms with Crippen molar-refractivity contribution in [1.29, 1.82) is 0 Å². The van der Waals surface area contributed by atoms with Crippen LogP contribution in [0, 0.1) is 5.82 Å². The Kier molecular flexibility index (Phi) is 6.35. The third-order valence-electron chi connectivity index (χ3n) is 4.02. The number of carbonyl (C=O) groups excluding carboxylic acids is 2. The third kappa shape index (κ3) is 4.57. The number of hydrogen-bond acceptors (Lipinski definition) is 3. The van der Waals surface area contributed by atoms with Crippen molar-refractivity contribution in [2.45, 2.75) is 38.3 Å². The second-order valence-corrected chi connectivity index (χ2v) is 5.78. The summed E-state index contributed by atoms with van der Waals surface area (Å²) in [5.41, 5.74) is 0. The topological polar surface area (TPSA) is 58.6 Å². The number of rotatable bonds is 6. The van der Waals surface area contributed by atoms with Gasteiger partial charge in [-0.05, 0) is 37.5 Å². The van der Waals surface area contributed by atoms with E-state index in [9.17, 15) is 14.0 Å². The van der Waals surface area contributed by atoms with Crippen LogP contribution in [0.25, 0.3) is 0 Å². The van der Waals surface area contributed by atoms with Gasteiger partial charge in [0.2, 0.25) is 5.91 Å². The molecule has 1 aromatic rings. The highest BCUT2D eigenvalue weighted by atomic mass is 19.1. The molecule has 24 heavy (non-hydrogen) atoms. The zero-order chi connectivity index (χ0) is 17.5. The summed E-state index contributed by atoms with van der Waals surface area (Å²) in [5, 5.41) is 2.82. The zero-order valence-corrected chi connectivity index (χ0v) is 13.8. The number of para-hydroxylation sites is 1. The van der Waals surface area contributed by atoms with Gasteiger partial charge in [-0.25, -0.2) is 4.39 Å². The highest BCUT2D eigenvalue weighted by molar-refractivity contribution is 5.87. The lowest BCUT2D eigenvalue weighted by molar-refractivity contribution is -0.140. The first-order valence-corrected chi connectivity index (χ1v) is 8.18. The predicted molar refractivity (Wildman–Crippen MR) is 89.0 cm³/mol. The Morgan fingerprint density at radius 2 is 2.25 bits per heavy atom. The van der Waals surface area contributed by atoms with E-state index < -0.39 is 11.9 Å². The Labute approximate surface area is 141 Å². The van der Waals surface area contributed by atoms with Crippen LogP contribution in [0.15, 0.2) is 36.9 Å². The molecule has 2 rings (SSSR count). The van der Waals surface area contributed by atoms with E-state index in [1.165, 1.54) is 18.2 Å². The fraction of sp³-hybridized carbons (Fsp3) is 0.444. The first-order valence-electron chi connectivity index (χ1n) is 8.18. The van der Waals surface area contributed by atoms with Crippen LogP contribution >= 0.6 is 0 Å². The molecule has 1 fully saturated rings. The second-order valence-electron chi connectivity index (χ2n) is 5.78. The maximum absolute atomic E-state index is 13.7. The highest BCUT2D eigenvalue weighted by Gasteiger charge is 2.30. The summed E-state index contributed by atoms with van der Waals surface area (Å²) in [6.07, 6.45) is 2.53. The molecule has 6 heteroatoms. The molecule has 2 atom stereocenters. The summed E-state index contributed by atoms with van der Waals surface area (Å²) >= 11 is 0. The van der Waals surface area contributed by atoms with Crippen LogP contribution in [0.1, 0.15) is 26.2 Å². The second kappa shape index (κ2) is 8.47. The highest BCUT2D eigenvalue weighted by Crippen LogP contribution is 2.20. The minimum absolute atomic E-state index is 0.0752. The van der Waals surface area contributed by atoms with Gasteiger partial charge in [0.15, 0.2) is 17.7 Å². The summed E-state index contributed by atoms with van der Waals surface area (Å²) in [6.45, 7) is 6.29. The Balaban J connectivity index is 2.01. The lowest BCUT2D eigenvalue weighted by Crippen LogP contribution is -2.52. The summed E-state index contributed by atoms with van der Waals surface area (Å²) in [6, 6.07) is 5.95. The first kappa shape index (κ1) is 18.0. The van der Waals surface area contributed by atoms with Gasteiger partial charge < -0.3 is 15.0 Å². The molecule has 1 saturated heterocycles. The van der Waals surface area contributed by atoms with Gasteiger partial charge >= 0.3 is 0 Å². The average Bonchev–Trinajstić information content (AvgIpc) is 2.60. The smallest absolute Gasteiger partial charge is 0.263 e. The molecule has 2 amide bonds. The maximum atomic E-state index is 13.7. The van der Waals surface area contributed by atoms with E-state index in [0.29, 0.717) is 19.5 Å². The van der Waals surface area contributed by atoms with E-state index in [4.69, 9.17) is 4.74 Å². The molecule has 1 N–H and O–H groups in total. The molecule has 1 aliphatic rings. The minimum atomic E-state index is -0.740. The van der Waals surface area contributed by atoms with Crippen molar-refractivity contribution >= 4 is 11.8 Å². The normalized spacial score (nSPS) is 18.6. The van der Waals surface area contributed by atoms with Crippen molar-refractivity contribution in [2.24, 2.45) is 0 Å². The minimum Gasteiger partial charge on any atom is -0.478 e. The van der Waals surface area contributed by atoms with Crippen LogP contribution in [-0.2, 0) is 9.59 Å². The van der Waals surface area contributed by atoms with Crippen molar-refractivity contribution in [1.82, 2.24) is 10.2 Å². The van der Waals surface area contributed by atoms with Crippen molar-refractivity contribution in [3.63, 3.8) is 0 Å². The van der Waals surface area contributed by atoms with Crippen LogP contribution in [-0.4, -0.2) is 41.9 Å².